The van der Waals surface area contributed by atoms with Gasteiger partial charge in [0.05, 0.1) is 12.2 Å². The van der Waals surface area contributed by atoms with E-state index < -0.39 is 0 Å². The Bertz CT molecular complexity index is 396. The molecule has 3 unspecified atom stereocenters. The van der Waals surface area contributed by atoms with E-state index in [1.54, 1.807) is 0 Å². The lowest BCUT2D eigenvalue weighted by Gasteiger charge is -2.31. The van der Waals surface area contributed by atoms with Crippen molar-refractivity contribution in [2.45, 2.75) is 51.2 Å². The SMILES string of the molecule is CCC1CCCC(OC(CI)c2ccccc2Cl)C1. The molecule has 19 heavy (non-hydrogen) atoms. The van der Waals surface area contributed by atoms with Crippen molar-refractivity contribution in [1.82, 2.24) is 0 Å². The average Bonchev–Trinajstić information content (AvgIpc) is 2.46. The average molecular weight is 393 g/mol. The molecule has 1 aliphatic rings. The Morgan fingerprint density at radius 1 is 1.37 bits per heavy atom. The van der Waals surface area contributed by atoms with E-state index in [4.69, 9.17) is 16.3 Å². The predicted molar refractivity (Wildman–Crippen MR) is 90.2 cm³/mol. The van der Waals surface area contributed by atoms with Gasteiger partial charge >= 0.3 is 0 Å². The van der Waals surface area contributed by atoms with Gasteiger partial charge in [-0.3, -0.25) is 0 Å². The summed E-state index contributed by atoms with van der Waals surface area (Å²) in [6.07, 6.45) is 6.92. The number of hydrogen-bond acceptors (Lipinski definition) is 1. The van der Waals surface area contributed by atoms with Crippen molar-refractivity contribution < 1.29 is 4.74 Å². The zero-order valence-corrected chi connectivity index (χ0v) is 14.4. The molecule has 1 fully saturated rings. The molecule has 0 spiro atoms. The highest BCUT2D eigenvalue weighted by Gasteiger charge is 2.25. The lowest BCUT2D eigenvalue weighted by molar-refractivity contribution is -0.0304. The molecule has 0 N–H and O–H groups in total. The number of alkyl halides is 1. The standard InChI is InChI=1S/C16H22ClIO/c1-2-12-6-5-7-13(10-12)19-16(11-18)14-8-3-4-9-15(14)17/h3-4,8-9,12-13,16H,2,5-7,10-11H2,1H3. The maximum absolute atomic E-state index is 6.35. The monoisotopic (exact) mass is 392 g/mol. The summed E-state index contributed by atoms with van der Waals surface area (Å²) in [5, 5.41) is 0.826. The summed E-state index contributed by atoms with van der Waals surface area (Å²) in [6, 6.07) is 8.06. The molecule has 0 radical (unpaired) electrons. The molecule has 1 aromatic rings. The molecule has 2 rings (SSSR count). The van der Waals surface area contributed by atoms with Gasteiger partial charge in [-0.2, -0.15) is 0 Å². The normalized spacial score (nSPS) is 25.2. The van der Waals surface area contributed by atoms with Gasteiger partial charge in [-0.15, -0.1) is 0 Å². The Morgan fingerprint density at radius 3 is 2.84 bits per heavy atom. The van der Waals surface area contributed by atoms with E-state index in [-0.39, 0.29) is 6.10 Å². The van der Waals surface area contributed by atoms with Gasteiger partial charge in [0.1, 0.15) is 0 Å². The van der Waals surface area contributed by atoms with Crippen LogP contribution in [0.4, 0.5) is 0 Å². The van der Waals surface area contributed by atoms with Gasteiger partial charge in [0.25, 0.3) is 0 Å². The van der Waals surface area contributed by atoms with Crippen molar-refractivity contribution in [3.63, 3.8) is 0 Å². The summed E-state index contributed by atoms with van der Waals surface area (Å²) >= 11 is 8.68. The molecular weight excluding hydrogens is 371 g/mol. The summed E-state index contributed by atoms with van der Waals surface area (Å²) in [4.78, 5) is 0. The van der Waals surface area contributed by atoms with Gasteiger partial charge in [-0.1, -0.05) is 78.6 Å². The second-order valence-corrected chi connectivity index (χ2v) is 6.65. The van der Waals surface area contributed by atoms with Crippen molar-refractivity contribution in [1.29, 1.82) is 0 Å². The number of hydrogen-bond donors (Lipinski definition) is 0. The van der Waals surface area contributed by atoms with Crippen molar-refractivity contribution in [3.8, 4) is 0 Å². The highest BCUT2D eigenvalue weighted by Crippen LogP contribution is 2.34. The minimum atomic E-state index is 0.134. The van der Waals surface area contributed by atoms with Crippen LogP contribution in [0.5, 0.6) is 0 Å². The molecular formula is C16H22ClIO. The van der Waals surface area contributed by atoms with E-state index in [9.17, 15) is 0 Å². The van der Waals surface area contributed by atoms with Crippen LogP contribution in [0.3, 0.4) is 0 Å². The van der Waals surface area contributed by atoms with Gasteiger partial charge in [-0.05, 0) is 24.8 Å². The van der Waals surface area contributed by atoms with Crippen LogP contribution < -0.4 is 0 Å². The summed E-state index contributed by atoms with van der Waals surface area (Å²) in [5.74, 6) is 0.847. The van der Waals surface area contributed by atoms with E-state index in [1.807, 2.05) is 18.2 Å². The minimum absolute atomic E-state index is 0.134. The zero-order chi connectivity index (χ0) is 13.7. The van der Waals surface area contributed by atoms with Crippen LogP contribution in [0.25, 0.3) is 0 Å². The van der Waals surface area contributed by atoms with Crippen LogP contribution in [0.15, 0.2) is 24.3 Å². The fraction of sp³-hybridized carbons (Fsp3) is 0.625. The van der Waals surface area contributed by atoms with Gasteiger partial charge in [-0.25, -0.2) is 0 Å². The lowest BCUT2D eigenvalue weighted by atomic mass is 9.85. The quantitative estimate of drug-likeness (QED) is 0.454. The maximum atomic E-state index is 6.35. The predicted octanol–water partition coefficient (Wildman–Crippen LogP) is 5.80. The second kappa shape index (κ2) is 7.84. The van der Waals surface area contributed by atoms with E-state index >= 15 is 0 Å². The van der Waals surface area contributed by atoms with Crippen LogP contribution >= 0.6 is 34.2 Å². The second-order valence-electron chi connectivity index (χ2n) is 5.36. The van der Waals surface area contributed by atoms with Crippen LogP contribution in [-0.2, 0) is 4.74 Å². The zero-order valence-electron chi connectivity index (χ0n) is 11.4. The minimum Gasteiger partial charge on any atom is -0.369 e. The fourth-order valence-electron chi connectivity index (χ4n) is 2.90. The lowest BCUT2D eigenvalue weighted by Crippen LogP contribution is -2.25. The molecule has 0 aliphatic heterocycles. The third-order valence-electron chi connectivity index (χ3n) is 4.06. The molecule has 3 atom stereocenters. The third-order valence-corrected chi connectivity index (χ3v) is 5.21. The van der Waals surface area contributed by atoms with Crippen molar-refractivity contribution in [3.05, 3.63) is 34.9 Å². The molecule has 1 saturated carbocycles. The Balaban J connectivity index is 2.01. The van der Waals surface area contributed by atoms with Crippen molar-refractivity contribution in [2.75, 3.05) is 4.43 Å². The highest BCUT2D eigenvalue weighted by atomic mass is 127. The van der Waals surface area contributed by atoms with E-state index in [1.165, 1.54) is 32.1 Å². The molecule has 3 heteroatoms. The Morgan fingerprint density at radius 2 is 2.16 bits per heavy atom. The first-order chi connectivity index (χ1) is 9.24. The molecule has 1 nitrogen and oxygen atoms in total. The number of ether oxygens (including phenoxy) is 1. The van der Waals surface area contributed by atoms with Gasteiger partial charge in [0.15, 0.2) is 0 Å². The van der Waals surface area contributed by atoms with Crippen molar-refractivity contribution in [2.24, 2.45) is 5.92 Å². The smallest absolute Gasteiger partial charge is 0.0932 e. The first-order valence-electron chi connectivity index (χ1n) is 7.20. The van der Waals surface area contributed by atoms with Crippen LogP contribution in [0.1, 0.15) is 50.7 Å². The van der Waals surface area contributed by atoms with Crippen LogP contribution in [0.2, 0.25) is 5.02 Å². The molecule has 1 aliphatic carbocycles. The molecule has 1 aromatic carbocycles. The van der Waals surface area contributed by atoms with E-state index in [0.29, 0.717) is 6.10 Å². The maximum Gasteiger partial charge on any atom is 0.0932 e. The third kappa shape index (κ3) is 4.33. The Labute approximate surface area is 135 Å². The number of halogens is 2. The summed E-state index contributed by atoms with van der Waals surface area (Å²) in [6.45, 7) is 2.29. The van der Waals surface area contributed by atoms with Gasteiger partial charge < -0.3 is 4.74 Å². The largest absolute Gasteiger partial charge is 0.369 e. The van der Waals surface area contributed by atoms with E-state index in [0.717, 1.165) is 20.9 Å². The highest BCUT2D eigenvalue weighted by molar-refractivity contribution is 14.1. The first-order valence-corrected chi connectivity index (χ1v) is 9.10. The molecule has 0 aromatic heterocycles. The summed E-state index contributed by atoms with van der Waals surface area (Å²) < 4.78 is 7.30. The molecule has 0 saturated heterocycles. The number of benzene rings is 1. The molecule has 0 bridgehead atoms. The van der Waals surface area contributed by atoms with Gasteiger partial charge in [0, 0.05) is 15.0 Å². The molecule has 0 heterocycles. The fourth-order valence-corrected chi connectivity index (χ4v) is 3.84. The number of rotatable bonds is 5. The van der Waals surface area contributed by atoms with Crippen LogP contribution in [0, 0.1) is 5.92 Å². The van der Waals surface area contributed by atoms with E-state index in [2.05, 4.69) is 35.6 Å². The van der Waals surface area contributed by atoms with Crippen LogP contribution in [-0.4, -0.2) is 10.5 Å². The summed E-state index contributed by atoms with van der Waals surface area (Å²) in [7, 11) is 0. The van der Waals surface area contributed by atoms with Crippen molar-refractivity contribution >= 4 is 34.2 Å². The topological polar surface area (TPSA) is 9.23 Å². The molecule has 106 valence electrons. The molecule has 0 amide bonds. The Hall–Kier alpha value is 0.200. The Kier molecular flexibility index (Phi) is 6.43. The summed E-state index contributed by atoms with van der Waals surface area (Å²) in [5.41, 5.74) is 1.14. The first kappa shape index (κ1) is 15.6. The van der Waals surface area contributed by atoms with Gasteiger partial charge in [0.2, 0.25) is 0 Å².